The topological polar surface area (TPSA) is 6.48 Å². The Balaban J connectivity index is 1.51. The third-order valence-corrected chi connectivity index (χ3v) is 11.9. The Morgan fingerprint density at radius 2 is 0.865 bits per heavy atom. The van der Waals surface area contributed by atoms with Crippen molar-refractivity contribution in [1.29, 1.82) is 0 Å². The first-order chi connectivity index (χ1) is 25.6. The van der Waals surface area contributed by atoms with Gasteiger partial charge in [-0.3, -0.25) is 0 Å². The molecule has 10 aromatic carbocycles. The molecule has 252 valence electrons. The van der Waals surface area contributed by atoms with Crippen LogP contribution >= 0.6 is 0 Å². The van der Waals surface area contributed by atoms with Crippen LogP contribution < -0.4 is 9.80 Å². The third-order valence-electron chi connectivity index (χ3n) is 11.9. The molecule has 10 aromatic rings. The highest BCUT2D eigenvalue weighted by molar-refractivity contribution is 6.46. The number of anilines is 2. The molecule has 0 fully saturated rings. The van der Waals surface area contributed by atoms with E-state index in [1.807, 2.05) is 0 Å². The van der Waals surface area contributed by atoms with Crippen LogP contribution in [0.15, 0.2) is 133 Å². The molecule has 0 saturated heterocycles. The van der Waals surface area contributed by atoms with Crippen LogP contribution in [0, 0.1) is 0 Å². The van der Waals surface area contributed by atoms with Gasteiger partial charge in [0.15, 0.2) is 0 Å². The predicted molar refractivity (Wildman–Crippen MR) is 230 cm³/mol. The summed E-state index contributed by atoms with van der Waals surface area (Å²) in [5, 5.41) is 21.2. The molecule has 0 aliphatic carbocycles. The normalized spacial score (nSPS) is 12.2. The molecule has 0 aliphatic rings. The molecule has 0 atom stereocenters. The zero-order chi connectivity index (χ0) is 35.1. The summed E-state index contributed by atoms with van der Waals surface area (Å²) in [6.45, 7) is 12.9. The van der Waals surface area contributed by atoms with Crippen LogP contribution in [0.1, 0.15) is 27.7 Å². The highest BCUT2D eigenvalue weighted by Crippen LogP contribution is 2.53. The van der Waals surface area contributed by atoms with E-state index in [0.717, 1.165) is 26.2 Å². The van der Waals surface area contributed by atoms with Crippen molar-refractivity contribution >= 4 is 97.6 Å². The molecular weight excluding hydrogens is 629 g/mol. The Hall–Kier alpha value is -5.86. The van der Waals surface area contributed by atoms with Gasteiger partial charge in [0.1, 0.15) is 0 Å². The number of fused-ring (bicyclic) bond motifs is 8. The Bertz CT molecular complexity index is 3020. The Morgan fingerprint density at radius 1 is 0.327 bits per heavy atom. The van der Waals surface area contributed by atoms with Gasteiger partial charge >= 0.3 is 0 Å². The number of nitrogens with zero attached hydrogens (tertiary/aromatic N) is 2. The van der Waals surface area contributed by atoms with E-state index in [-0.39, 0.29) is 0 Å². The second-order valence-corrected chi connectivity index (χ2v) is 14.3. The second-order valence-electron chi connectivity index (χ2n) is 14.3. The molecular formula is C50H42N2. The van der Waals surface area contributed by atoms with Crippen LogP contribution in [-0.2, 0) is 0 Å². The smallest absolute Gasteiger partial charge is 0.0452 e. The van der Waals surface area contributed by atoms with Crippen molar-refractivity contribution < 1.29 is 0 Å². The number of benzene rings is 10. The van der Waals surface area contributed by atoms with Crippen molar-refractivity contribution in [2.45, 2.75) is 27.7 Å². The number of hydrogen-bond donors (Lipinski definition) is 0. The SMILES string of the molecule is CCN(CC)c1ccc2cc3ccccc3c(-c3c4ccccc4c4c5c3cccc5c3c(N(CC)CC)ccc5cc6ccccc6c4c53)c2c1. The fourth-order valence-corrected chi connectivity index (χ4v) is 9.58. The van der Waals surface area contributed by atoms with Gasteiger partial charge in [0.05, 0.1) is 0 Å². The molecule has 10 rings (SSSR count). The van der Waals surface area contributed by atoms with E-state index in [4.69, 9.17) is 0 Å². The maximum absolute atomic E-state index is 2.53. The van der Waals surface area contributed by atoms with Gasteiger partial charge < -0.3 is 9.80 Å². The van der Waals surface area contributed by atoms with Crippen LogP contribution in [0.25, 0.3) is 97.3 Å². The zero-order valence-electron chi connectivity index (χ0n) is 30.4. The Morgan fingerprint density at radius 3 is 1.62 bits per heavy atom. The molecule has 0 radical (unpaired) electrons. The first kappa shape index (κ1) is 30.9. The Labute approximate surface area is 304 Å². The fraction of sp³-hybridized carbons (Fsp3) is 0.160. The minimum absolute atomic E-state index is 0.959. The number of hydrogen-bond acceptors (Lipinski definition) is 2. The zero-order valence-corrected chi connectivity index (χ0v) is 30.4. The van der Waals surface area contributed by atoms with Gasteiger partial charge in [-0.15, -0.1) is 0 Å². The highest BCUT2D eigenvalue weighted by atomic mass is 15.1. The molecule has 0 heterocycles. The molecule has 0 unspecified atom stereocenters. The molecule has 0 spiro atoms. The molecule has 0 amide bonds. The highest BCUT2D eigenvalue weighted by Gasteiger charge is 2.25. The quantitative estimate of drug-likeness (QED) is 0.123. The summed E-state index contributed by atoms with van der Waals surface area (Å²) in [5.74, 6) is 0. The lowest BCUT2D eigenvalue weighted by molar-refractivity contribution is 0.867. The van der Waals surface area contributed by atoms with Crippen molar-refractivity contribution in [1.82, 2.24) is 0 Å². The molecule has 0 N–H and O–H groups in total. The van der Waals surface area contributed by atoms with Gasteiger partial charge in [-0.1, -0.05) is 103 Å². The lowest BCUT2D eigenvalue weighted by Crippen LogP contribution is -2.22. The summed E-state index contributed by atoms with van der Waals surface area (Å²) in [6, 6.07) is 51.0. The van der Waals surface area contributed by atoms with Crippen molar-refractivity contribution in [3.8, 4) is 11.1 Å². The lowest BCUT2D eigenvalue weighted by atomic mass is 9.80. The first-order valence-corrected chi connectivity index (χ1v) is 19.1. The monoisotopic (exact) mass is 670 g/mol. The minimum Gasteiger partial charge on any atom is -0.372 e. The van der Waals surface area contributed by atoms with Crippen molar-refractivity contribution in [3.63, 3.8) is 0 Å². The first-order valence-electron chi connectivity index (χ1n) is 19.1. The summed E-state index contributed by atoms with van der Waals surface area (Å²) < 4.78 is 0. The van der Waals surface area contributed by atoms with Gasteiger partial charge in [0.25, 0.3) is 0 Å². The largest absolute Gasteiger partial charge is 0.372 e. The summed E-state index contributed by atoms with van der Waals surface area (Å²) >= 11 is 0. The van der Waals surface area contributed by atoms with E-state index in [1.165, 1.54) is 109 Å². The van der Waals surface area contributed by atoms with Crippen LogP contribution in [0.3, 0.4) is 0 Å². The van der Waals surface area contributed by atoms with Gasteiger partial charge in [-0.2, -0.15) is 0 Å². The molecule has 52 heavy (non-hydrogen) atoms. The van der Waals surface area contributed by atoms with Gasteiger partial charge in [-0.25, -0.2) is 0 Å². The Kier molecular flexibility index (Phi) is 7.05. The molecule has 0 saturated carbocycles. The van der Waals surface area contributed by atoms with Crippen molar-refractivity contribution in [2.24, 2.45) is 0 Å². The second kappa shape index (κ2) is 11.9. The summed E-state index contributed by atoms with van der Waals surface area (Å²) in [5.41, 5.74) is 5.25. The third kappa shape index (κ3) is 4.24. The van der Waals surface area contributed by atoms with E-state index < -0.39 is 0 Å². The van der Waals surface area contributed by atoms with Gasteiger partial charge in [0, 0.05) is 48.3 Å². The average molecular weight is 671 g/mol. The average Bonchev–Trinajstić information content (AvgIpc) is 3.19. The van der Waals surface area contributed by atoms with Crippen LogP contribution in [0.4, 0.5) is 11.4 Å². The summed E-state index contributed by atoms with van der Waals surface area (Å²) in [6.07, 6.45) is 0. The molecule has 2 nitrogen and oxygen atoms in total. The van der Waals surface area contributed by atoms with Gasteiger partial charge in [-0.05, 0) is 145 Å². The molecule has 2 heteroatoms. The van der Waals surface area contributed by atoms with E-state index in [1.54, 1.807) is 0 Å². The maximum atomic E-state index is 2.53. The lowest BCUT2D eigenvalue weighted by Gasteiger charge is -2.27. The molecule has 0 aliphatic heterocycles. The van der Waals surface area contributed by atoms with E-state index in [9.17, 15) is 0 Å². The maximum Gasteiger partial charge on any atom is 0.0452 e. The van der Waals surface area contributed by atoms with Crippen LogP contribution in [-0.4, -0.2) is 26.2 Å². The van der Waals surface area contributed by atoms with Crippen LogP contribution in [0.2, 0.25) is 0 Å². The molecule has 0 bridgehead atoms. The standard InChI is InChI=1S/C50H42N2/c1-5-51(6-2)35-26-24-33-28-31-16-9-11-18-36(31)45(42(33)30-35)46-38-20-13-14-21-39(38)50-47-40(46)22-15-23-41(47)48-43(52(7-3)8-4)27-25-34-29-32-17-10-12-19-37(32)49(50)44(34)48/h9-30H,5-8H2,1-4H3. The van der Waals surface area contributed by atoms with E-state index in [0.29, 0.717) is 0 Å². The van der Waals surface area contributed by atoms with Crippen LogP contribution in [0.5, 0.6) is 0 Å². The van der Waals surface area contributed by atoms with Gasteiger partial charge in [0.2, 0.25) is 0 Å². The molecule has 0 aromatic heterocycles. The number of rotatable bonds is 7. The van der Waals surface area contributed by atoms with Crippen molar-refractivity contribution in [3.05, 3.63) is 133 Å². The van der Waals surface area contributed by atoms with E-state index in [2.05, 4.69) is 171 Å². The predicted octanol–water partition coefficient (Wildman–Crippen LogP) is 13.7. The summed E-state index contributed by atoms with van der Waals surface area (Å²) in [7, 11) is 0. The van der Waals surface area contributed by atoms with Crippen molar-refractivity contribution in [2.75, 3.05) is 36.0 Å². The minimum atomic E-state index is 0.959. The fourth-order valence-electron chi connectivity index (χ4n) is 9.58. The summed E-state index contributed by atoms with van der Waals surface area (Å²) in [4.78, 5) is 5.00. The van der Waals surface area contributed by atoms with E-state index >= 15 is 0 Å².